The van der Waals surface area contributed by atoms with E-state index in [0.29, 0.717) is 0 Å². The molecule has 0 N–H and O–H groups in total. The summed E-state index contributed by atoms with van der Waals surface area (Å²) >= 11 is 0. The summed E-state index contributed by atoms with van der Waals surface area (Å²) in [6, 6.07) is 148. The summed E-state index contributed by atoms with van der Waals surface area (Å²) in [6.45, 7) is 15.0. The van der Waals surface area contributed by atoms with E-state index in [9.17, 15) is 0 Å². The third-order valence-electron chi connectivity index (χ3n) is 19.7. The molecule has 0 saturated carbocycles. The van der Waals surface area contributed by atoms with Crippen LogP contribution >= 0.6 is 0 Å². The molecule has 518 valence electrons. The Morgan fingerprint density at radius 3 is 1.01 bits per heavy atom. The second-order valence-electron chi connectivity index (χ2n) is 27.5. The lowest BCUT2D eigenvalue weighted by molar-refractivity contribution is 1.47. The van der Waals surface area contributed by atoms with Gasteiger partial charge in [0.05, 0.1) is 0 Å². The lowest BCUT2D eigenvalue weighted by atomic mass is 9.95. The van der Waals surface area contributed by atoms with Crippen LogP contribution in [0.25, 0.3) is 131 Å². The minimum atomic E-state index is 1.28. The van der Waals surface area contributed by atoms with Crippen LogP contribution in [0.3, 0.4) is 0 Å². The molecule has 0 aliphatic heterocycles. The highest BCUT2D eigenvalue weighted by Crippen LogP contribution is 2.35. The first-order valence-corrected chi connectivity index (χ1v) is 37.1. The van der Waals surface area contributed by atoms with E-state index < -0.39 is 0 Å². The summed E-state index contributed by atoms with van der Waals surface area (Å²) in [5, 5.41) is 18.5. The fourth-order valence-corrected chi connectivity index (χ4v) is 14.2. The van der Waals surface area contributed by atoms with Gasteiger partial charge < -0.3 is 0 Å². The molecule has 19 rings (SSSR count). The standard InChI is InChI=1S/5C17H14.2C11H10/c1-13-7-2-4-10-15(13)17-12-6-9-14-8-3-5-11-16(14)17;1-13-6-4-9-15(12-13)17-11-5-8-14-7-2-3-10-16(14)17;1-13-9-11-15(12-10-13)17-8-4-6-14-5-2-3-7-16(14)17;1-13-7-5-12-17-15(13)10-6-11-16(17)14-8-3-2-4-9-14;1-13-11-15-9-5-6-10-16(15)17(12-13)14-7-3-2-4-8-14;1-9-5-4-7-10-6-2-3-8-11(9)10;1-9-6-7-10-4-2-3-5-11(10)8-9/h5*2-12H,1H3;2*2-8H,1H3. The van der Waals surface area contributed by atoms with E-state index in [1.807, 2.05) is 0 Å². The van der Waals surface area contributed by atoms with Gasteiger partial charge in [-0.3, -0.25) is 0 Å². The van der Waals surface area contributed by atoms with Crippen molar-refractivity contribution >= 4 is 75.4 Å². The maximum absolute atomic E-state index is 2.26. The first-order chi connectivity index (χ1) is 52.5. The van der Waals surface area contributed by atoms with Gasteiger partial charge in [-0.15, -0.1) is 0 Å². The van der Waals surface area contributed by atoms with Crippen LogP contribution in [-0.2, 0) is 0 Å². The molecule has 0 unspecified atom stereocenters. The van der Waals surface area contributed by atoms with Gasteiger partial charge in [-0.1, -0.05) is 435 Å². The zero-order chi connectivity index (χ0) is 73.7. The number of hydrogen-bond acceptors (Lipinski definition) is 0. The molecule has 0 amide bonds. The first kappa shape index (κ1) is 72.4. The zero-order valence-electron chi connectivity index (χ0n) is 62.3. The lowest BCUT2D eigenvalue weighted by Gasteiger charge is -2.09. The van der Waals surface area contributed by atoms with Crippen molar-refractivity contribution in [2.24, 2.45) is 0 Å². The Morgan fingerprint density at radius 1 is 0.121 bits per heavy atom. The average molecular weight is 1380 g/mol. The maximum atomic E-state index is 2.26. The zero-order valence-corrected chi connectivity index (χ0v) is 62.3. The normalized spacial score (nSPS) is 10.6. The van der Waals surface area contributed by atoms with Crippen LogP contribution < -0.4 is 0 Å². The van der Waals surface area contributed by atoms with Crippen molar-refractivity contribution in [2.45, 2.75) is 48.5 Å². The topological polar surface area (TPSA) is 0 Å². The van der Waals surface area contributed by atoms with E-state index >= 15 is 0 Å². The third-order valence-corrected chi connectivity index (χ3v) is 19.7. The summed E-state index contributed by atoms with van der Waals surface area (Å²) < 4.78 is 0. The lowest BCUT2D eigenvalue weighted by Crippen LogP contribution is -1.84. The Kier molecular flexibility index (Phi) is 24.0. The molecule has 19 aromatic carbocycles. The van der Waals surface area contributed by atoms with Crippen LogP contribution in [0.2, 0.25) is 0 Å². The molecule has 107 heavy (non-hydrogen) atoms. The second kappa shape index (κ2) is 35.5. The Morgan fingerprint density at radius 2 is 0.439 bits per heavy atom. The molecule has 0 nitrogen and oxygen atoms in total. The van der Waals surface area contributed by atoms with E-state index in [-0.39, 0.29) is 0 Å². The molecule has 0 bridgehead atoms. The fourth-order valence-electron chi connectivity index (χ4n) is 14.2. The molecule has 0 radical (unpaired) electrons. The molecule has 19 aromatic rings. The van der Waals surface area contributed by atoms with Crippen LogP contribution in [-0.4, -0.2) is 0 Å². The molecule has 0 heterocycles. The van der Waals surface area contributed by atoms with Crippen molar-refractivity contribution in [1.82, 2.24) is 0 Å². The molecule has 0 saturated heterocycles. The predicted molar refractivity (Wildman–Crippen MR) is 468 cm³/mol. The maximum Gasteiger partial charge on any atom is -0.0103 e. The van der Waals surface area contributed by atoms with Gasteiger partial charge in [-0.25, -0.2) is 0 Å². The van der Waals surface area contributed by atoms with Crippen LogP contribution in [0.4, 0.5) is 0 Å². The predicted octanol–water partition coefficient (Wildman–Crippen LogP) is 30.4. The van der Waals surface area contributed by atoms with E-state index in [4.69, 9.17) is 0 Å². The minimum absolute atomic E-state index is 1.28. The van der Waals surface area contributed by atoms with E-state index in [1.165, 1.54) is 170 Å². The number of fused-ring (bicyclic) bond motifs is 7. The van der Waals surface area contributed by atoms with E-state index in [2.05, 4.69) is 467 Å². The highest BCUT2D eigenvalue weighted by Gasteiger charge is 2.09. The molecule has 0 aromatic heterocycles. The summed E-state index contributed by atoms with van der Waals surface area (Å²) in [6.07, 6.45) is 0. The summed E-state index contributed by atoms with van der Waals surface area (Å²) in [7, 11) is 0. The van der Waals surface area contributed by atoms with Gasteiger partial charge in [0.25, 0.3) is 0 Å². The summed E-state index contributed by atoms with van der Waals surface area (Å²) in [5.74, 6) is 0. The average Bonchev–Trinajstić information content (AvgIpc) is 0.818. The first-order valence-electron chi connectivity index (χ1n) is 37.1. The quantitative estimate of drug-likeness (QED) is 0.161. The third kappa shape index (κ3) is 18.3. The van der Waals surface area contributed by atoms with Gasteiger partial charge in [-0.2, -0.15) is 0 Å². The van der Waals surface area contributed by atoms with Crippen LogP contribution in [0.5, 0.6) is 0 Å². The fraction of sp³-hybridized carbons (Fsp3) is 0.0654. The molecule has 0 fully saturated rings. The number of benzene rings is 19. The molecule has 0 spiro atoms. The van der Waals surface area contributed by atoms with Crippen molar-refractivity contribution in [3.63, 3.8) is 0 Å². The molecule has 0 atom stereocenters. The number of hydrogen-bond donors (Lipinski definition) is 0. The van der Waals surface area contributed by atoms with Crippen molar-refractivity contribution in [3.8, 4) is 55.6 Å². The smallest absolute Gasteiger partial charge is 0.0103 e. The molecular formula is C107H90. The number of rotatable bonds is 5. The van der Waals surface area contributed by atoms with Crippen LogP contribution in [0.15, 0.2) is 419 Å². The van der Waals surface area contributed by atoms with Crippen LogP contribution in [0, 0.1) is 48.5 Å². The summed E-state index contributed by atoms with van der Waals surface area (Å²) in [5.41, 5.74) is 22.3. The highest BCUT2D eigenvalue weighted by atomic mass is 14.1. The van der Waals surface area contributed by atoms with Gasteiger partial charge in [0.15, 0.2) is 0 Å². The van der Waals surface area contributed by atoms with Crippen LogP contribution in [0.1, 0.15) is 38.9 Å². The second-order valence-corrected chi connectivity index (χ2v) is 27.5. The number of aryl methyl sites for hydroxylation is 7. The van der Waals surface area contributed by atoms with Crippen molar-refractivity contribution in [3.05, 3.63) is 458 Å². The largest absolute Gasteiger partial charge is 0.0622 e. The van der Waals surface area contributed by atoms with Gasteiger partial charge in [0, 0.05) is 0 Å². The molecule has 0 heteroatoms. The van der Waals surface area contributed by atoms with Gasteiger partial charge in [-0.05, 0) is 202 Å². The molecule has 0 aliphatic rings. The van der Waals surface area contributed by atoms with E-state index in [1.54, 1.807) is 0 Å². The van der Waals surface area contributed by atoms with Crippen molar-refractivity contribution in [2.75, 3.05) is 0 Å². The highest BCUT2D eigenvalue weighted by molar-refractivity contribution is 6.01. The van der Waals surface area contributed by atoms with Crippen molar-refractivity contribution in [1.29, 1.82) is 0 Å². The Hall–Kier alpha value is -13.0. The Bertz CT molecular complexity index is 6110. The van der Waals surface area contributed by atoms with Crippen molar-refractivity contribution < 1.29 is 0 Å². The Labute approximate surface area is 632 Å². The van der Waals surface area contributed by atoms with E-state index in [0.717, 1.165) is 0 Å². The molecular weight excluding hydrogens is 1290 g/mol. The SMILES string of the molecule is Cc1cc(-c2ccccc2)c2ccccc2c1.Cc1ccc(-c2cccc3ccccc23)cc1.Cc1ccc2ccccc2c1.Cc1cccc(-c2cccc3ccccc23)c1.Cc1cccc2c(-c3ccccc3)cccc12.Cc1cccc2ccccc12.Cc1ccccc1-c1cccc2ccccc12. The Balaban J connectivity index is 0.000000111. The van der Waals surface area contributed by atoms with Gasteiger partial charge in [0.1, 0.15) is 0 Å². The minimum Gasteiger partial charge on any atom is -0.0622 e. The van der Waals surface area contributed by atoms with Gasteiger partial charge >= 0.3 is 0 Å². The summed E-state index contributed by atoms with van der Waals surface area (Å²) in [4.78, 5) is 0. The van der Waals surface area contributed by atoms with Gasteiger partial charge in [0.2, 0.25) is 0 Å². The monoisotopic (exact) mass is 1370 g/mol. The molecule has 0 aliphatic carbocycles.